The fraction of sp³-hybridized carbons (Fsp3) is 0.870. The number of hydrogen-bond donors (Lipinski definition) is 1. The number of rotatable bonds is 18. The smallest absolute Gasteiger partial charge is 0.243 e. The summed E-state index contributed by atoms with van der Waals surface area (Å²) in [5.41, 5.74) is 0. The molecule has 0 saturated carbocycles. The maximum absolute atomic E-state index is 9.70. The van der Waals surface area contributed by atoms with Gasteiger partial charge >= 0.3 is 0 Å². The van der Waals surface area contributed by atoms with Gasteiger partial charge in [-0.05, 0) is 19.3 Å². The van der Waals surface area contributed by atoms with Gasteiger partial charge in [0.15, 0.2) is 0 Å². The van der Waals surface area contributed by atoms with E-state index < -0.39 is 0 Å². The molecule has 0 radical (unpaired) electrons. The van der Waals surface area contributed by atoms with Crippen LogP contribution >= 0.6 is 0 Å². The molecule has 0 unspecified atom stereocenters. The largest absolute Gasteiger partial charge is 1.00 e. The van der Waals surface area contributed by atoms with Crippen molar-refractivity contribution in [3.05, 3.63) is 18.7 Å². The Morgan fingerprint density at radius 1 is 0.778 bits per heavy atom. The van der Waals surface area contributed by atoms with Crippen molar-refractivity contribution < 1.29 is 33.7 Å². The molecule has 27 heavy (non-hydrogen) atoms. The minimum Gasteiger partial charge on any atom is -1.00 e. The van der Waals surface area contributed by atoms with Gasteiger partial charge in [0.2, 0.25) is 6.33 Å². The molecule has 0 aliphatic rings. The summed E-state index contributed by atoms with van der Waals surface area (Å²) in [5, 5.41) is 9.70. The summed E-state index contributed by atoms with van der Waals surface area (Å²) in [6.45, 7) is 6.13. The van der Waals surface area contributed by atoms with E-state index in [4.69, 9.17) is 0 Å². The summed E-state index contributed by atoms with van der Waals surface area (Å²) >= 11 is 0. The van der Waals surface area contributed by atoms with Gasteiger partial charge in [-0.2, -0.15) is 0 Å². The summed E-state index contributed by atoms with van der Waals surface area (Å²) in [7, 11) is 0. The Morgan fingerprint density at radius 3 is 1.74 bits per heavy atom. The molecule has 0 bridgehead atoms. The predicted octanol–water partition coefficient (Wildman–Crippen LogP) is 3.03. The number of imidazole rings is 1. The number of halogens is 1. The van der Waals surface area contributed by atoms with Crippen LogP contribution in [0.3, 0.4) is 0 Å². The van der Waals surface area contributed by atoms with E-state index in [0.29, 0.717) is 6.54 Å². The van der Waals surface area contributed by atoms with Crippen LogP contribution in [0, 0.1) is 0 Å². The van der Waals surface area contributed by atoms with Crippen LogP contribution in [0.4, 0.5) is 0 Å². The lowest BCUT2D eigenvalue weighted by Gasteiger charge is -2.03. The van der Waals surface area contributed by atoms with Crippen LogP contribution < -0.4 is 28.5 Å². The summed E-state index contributed by atoms with van der Waals surface area (Å²) in [6, 6.07) is 0. The summed E-state index contributed by atoms with van der Waals surface area (Å²) in [6.07, 6.45) is 26.7. The summed E-state index contributed by atoms with van der Waals surface area (Å²) in [4.78, 5) is 0. The molecular formula is C23H45IN2O. The lowest BCUT2D eigenvalue weighted by molar-refractivity contribution is -0.703. The molecular weight excluding hydrogens is 447 g/mol. The van der Waals surface area contributed by atoms with Gasteiger partial charge < -0.3 is 29.1 Å². The zero-order chi connectivity index (χ0) is 18.9. The third-order valence-electron chi connectivity index (χ3n) is 5.41. The van der Waals surface area contributed by atoms with E-state index >= 15 is 0 Å². The Balaban J connectivity index is 0.00000676. The van der Waals surface area contributed by atoms with Gasteiger partial charge in [0.1, 0.15) is 18.9 Å². The minimum atomic E-state index is -0.225. The van der Waals surface area contributed by atoms with Crippen LogP contribution in [0.25, 0.3) is 0 Å². The second-order valence-electron chi connectivity index (χ2n) is 8.01. The van der Waals surface area contributed by atoms with Gasteiger partial charge in [-0.3, -0.25) is 0 Å². The normalized spacial score (nSPS) is 12.1. The number of aliphatic hydroxyl groups is 1. The Bertz CT molecular complexity index is 422. The van der Waals surface area contributed by atoms with Crippen LogP contribution in [0.1, 0.15) is 110 Å². The number of nitrogens with zero attached hydrogens (tertiary/aromatic N) is 2. The second kappa shape index (κ2) is 19.2. The van der Waals surface area contributed by atoms with Gasteiger partial charge in [0, 0.05) is 0 Å². The molecule has 3 nitrogen and oxygen atoms in total. The number of aliphatic hydroxyl groups excluding tert-OH is 1. The Kier molecular flexibility index (Phi) is 19.2. The number of aromatic nitrogens is 2. The van der Waals surface area contributed by atoms with E-state index in [2.05, 4.69) is 34.8 Å². The minimum absolute atomic E-state index is 0. The molecule has 1 rings (SSSR count). The molecule has 4 heteroatoms. The molecule has 160 valence electrons. The maximum Gasteiger partial charge on any atom is 0.243 e. The van der Waals surface area contributed by atoms with Crippen molar-refractivity contribution in [1.29, 1.82) is 0 Å². The quantitative estimate of drug-likeness (QED) is 0.191. The van der Waals surface area contributed by atoms with Gasteiger partial charge in [-0.1, -0.05) is 90.9 Å². The monoisotopic (exact) mass is 492 g/mol. The highest BCUT2D eigenvalue weighted by Crippen LogP contribution is 2.13. The highest BCUT2D eigenvalue weighted by atomic mass is 127. The lowest BCUT2D eigenvalue weighted by atomic mass is 10.0. The van der Waals surface area contributed by atoms with Crippen molar-refractivity contribution in [2.45, 2.75) is 129 Å². The van der Waals surface area contributed by atoms with E-state index in [-0.39, 0.29) is 30.1 Å². The fourth-order valence-corrected chi connectivity index (χ4v) is 3.54. The molecule has 1 heterocycles. The molecule has 1 N–H and O–H groups in total. The first-order valence-corrected chi connectivity index (χ1v) is 11.5. The highest BCUT2D eigenvalue weighted by Gasteiger charge is 2.08. The molecule has 1 aromatic heterocycles. The molecule has 0 saturated heterocycles. The van der Waals surface area contributed by atoms with Crippen LogP contribution in [-0.4, -0.2) is 15.8 Å². The van der Waals surface area contributed by atoms with E-state index in [1.807, 2.05) is 6.92 Å². The summed E-state index contributed by atoms with van der Waals surface area (Å²) in [5.74, 6) is 0. The third kappa shape index (κ3) is 15.5. The van der Waals surface area contributed by atoms with Gasteiger partial charge in [0.05, 0.1) is 12.6 Å². The standard InChI is InChI=1S/C23H45N2O.HI/c1-3-5-6-7-8-9-10-11-12-13-14-15-16-17-18-24-19-20-25(22-24)21-23(26)4-2;/h19-20,22-23,26H,3-18,21H2,1-2H3;1H/q+1;/p-1/t23-;/m0./s1. The van der Waals surface area contributed by atoms with E-state index in [0.717, 1.165) is 13.0 Å². The van der Waals surface area contributed by atoms with E-state index in [9.17, 15) is 5.11 Å². The van der Waals surface area contributed by atoms with Crippen molar-refractivity contribution in [2.24, 2.45) is 0 Å². The number of unbranched alkanes of at least 4 members (excludes halogenated alkanes) is 13. The highest BCUT2D eigenvalue weighted by molar-refractivity contribution is 4.66. The molecule has 0 aliphatic carbocycles. The molecule has 0 spiro atoms. The van der Waals surface area contributed by atoms with Crippen molar-refractivity contribution in [2.75, 3.05) is 0 Å². The van der Waals surface area contributed by atoms with Crippen molar-refractivity contribution in [3.8, 4) is 0 Å². The maximum atomic E-state index is 9.70. The number of hydrogen-bond acceptors (Lipinski definition) is 1. The Hall–Kier alpha value is -0.100. The zero-order valence-electron chi connectivity index (χ0n) is 18.0. The fourth-order valence-electron chi connectivity index (χ4n) is 3.54. The van der Waals surface area contributed by atoms with Gasteiger partial charge in [-0.25, -0.2) is 9.13 Å². The molecule has 1 atom stereocenters. The first-order valence-electron chi connectivity index (χ1n) is 11.5. The van der Waals surface area contributed by atoms with Crippen molar-refractivity contribution in [1.82, 2.24) is 4.57 Å². The topological polar surface area (TPSA) is 29.0 Å². The Labute approximate surface area is 186 Å². The van der Waals surface area contributed by atoms with Crippen molar-refractivity contribution in [3.63, 3.8) is 0 Å². The molecule has 0 fully saturated rings. The molecule has 0 amide bonds. The third-order valence-corrected chi connectivity index (χ3v) is 5.41. The average molecular weight is 493 g/mol. The first kappa shape index (κ1) is 26.9. The van der Waals surface area contributed by atoms with Crippen molar-refractivity contribution >= 4 is 0 Å². The van der Waals surface area contributed by atoms with E-state index in [1.165, 1.54) is 89.9 Å². The van der Waals surface area contributed by atoms with E-state index in [1.54, 1.807) is 0 Å². The Morgan fingerprint density at radius 2 is 1.26 bits per heavy atom. The average Bonchev–Trinajstić information content (AvgIpc) is 3.09. The van der Waals surface area contributed by atoms with Gasteiger partial charge in [0.25, 0.3) is 0 Å². The first-order chi connectivity index (χ1) is 12.8. The second-order valence-corrected chi connectivity index (χ2v) is 8.01. The number of aryl methyl sites for hydroxylation is 1. The van der Waals surface area contributed by atoms with Crippen LogP contribution in [0.15, 0.2) is 18.7 Å². The van der Waals surface area contributed by atoms with Crippen LogP contribution in [0.5, 0.6) is 0 Å². The molecule has 0 aromatic carbocycles. The summed E-state index contributed by atoms with van der Waals surface area (Å²) < 4.78 is 4.35. The SMILES string of the molecule is CCCCCCCCCCCCCCCCn1cc[n+](C[C@@H](O)CC)c1.[I-]. The lowest BCUT2D eigenvalue weighted by Crippen LogP contribution is -3.00. The molecule has 0 aliphatic heterocycles. The molecule has 1 aromatic rings. The van der Waals surface area contributed by atoms with Crippen LogP contribution in [0.2, 0.25) is 0 Å². The van der Waals surface area contributed by atoms with Crippen LogP contribution in [-0.2, 0) is 13.1 Å². The van der Waals surface area contributed by atoms with Gasteiger partial charge in [-0.15, -0.1) is 0 Å². The zero-order valence-corrected chi connectivity index (χ0v) is 20.2. The predicted molar refractivity (Wildman–Crippen MR) is 111 cm³/mol.